The number of fused-ring (bicyclic) bond motifs is 8. The third-order valence-corrected chi connectivity index (χ3v) is 5.57. The maximum atomic E-state index is 5.32. The third-order valence-electron chi connectivity index (χ3n) is 5.57. The molecule has 0 spiro atoms. The first-order chi connectivity index (χ1) is 15.7. The van der Waals surface area contributed by atoms with Crippen LogP contribution in [0, 0.1) is 0 Å². The van der Waals surface area contributed by atoms with E-state index in [9.17, 15) is 0 Å². The van der Waals surface area contributed by atoms with Crippen molar-refractivity contribution in [3.8, 4) is 16.9 Å². The van der Waals surface area contributed by atoms with E-state index in [1.165, 1.54) is 0 Å². The molecule has 2 aliphatic heterocycles. The van der Waals surface area contributed by atoms with Crippen molar-refractivity contribution in [1.82, 2.24) is 19.9 Å². The number of nitrogens with one attached hydrogen (secondary N) is 2. The molecule has 2 aliphatic rings. The van der Waals surface area contributed by atoms with E-state index < -0.39 is 0 Å². The molecular formula is C27H20FeN4O. The fourth-order valence-electron chi connectivity index (χ4n) is 4.03. The number of ether oxygens (including phenoxy) is 1. The summed E-state index contributed by atoms with van der Waals surface area (Å²) in [6.45, 7) is 0. The number of hydrogen-bond acceptors (Lipinski definition) is 3. The number of benzene rings is 1. The van der Waals surface area contributed by atoms with Crippen LogP contribution >= 0.6 is 0 Å². The SMILES string of the molecule is COc1ccc(-c2cc3cc4nc(cc5ccc(cc6nc(cc2[nH]3)C=C6)[nH]5)C=C4)cc1.[Fe]. The van der Waals surface area contributed by atoms with Crippen LogP contribution in [0.25, 0.3) is 57.5 Å². The molecule has 4 aromatic rings. The number of nitrogens with zero attached hydrogens (tertiary/aromatic N) is 2. The van der Waals surface area contributed by atoms with E-state index in [2.05, 4.69) is 52.4 Å². The van der Waals surface area contributed by atoms with E-state index in [1.54, 1.807) is 7.11 Å². The van der Waals surface area contributed by atoms with Gasteiger partial charge in [-0.15, -0.1) is 0 Å². The van der Waals surface area contributed by atoms with Crippen molar-refractivity contribution in [3.63, 3.8) is 0 Å². The van der Waals surface area contributed by atoms with Crippen molar-refractivity contribution in [2.75, 3.05) is 7.11 Å². The quantitative estimate of drug-likeness (QED) is 0.290. The maximum absolute atomic E-state index is 5.32. The zero-order valence-corrected chi connectivity index (χ0v) is 18.9. The molecule has 0 fully saturated rings. The van der Waals surface area contributed by atoms with E-state index >= 15 is 0 Å². The maximum Gasteiger partial charge on any atom is 0.118 e. The molecule has 5 nitrogen and oxygen atoms in total. The second kappa shape index (κ2) is 8.58. The van der Waals surface area contributed by atoms with Crippen molar-refractivity contribution in [1.29, 1.82) is 0 Å². The Hall–Kier alpha value is -3.86. The molecule has 0 aliphatic carbocycles. The first-order valence-corrected chi connectivity index (χ1v) is 10.4. The molecular weight excluding hydrogens is 452 g/mol. The van der Waals surface area contributed by atoms with Gasteiger partial charge >= 0.3 is 0 Å². The first kappa shape index (κ1) is 21.0. The summed E-state index contributed by atoms with van der Waals surface area (Å²) in [5, 5.41) is 0. The Morgan fingerprint density at radius 2 is 1.15 bits per heavy atom. The van der Waals surface area contributed by atoms with Crippen LogP contribution in [-0.4, -0.2) is 27.0 Å². The summed E-state index contributed by atoms with van der Waals surface area (Å²) in [7, 11) is 1.68. The van der Waals surface area contributed by atoms with Gasteiger partial charge in [-0.2, -0.15) is 0 Å². The Labute approximate surface area is 201 Å². The minimum atomic E-state index is 0. The van der Waals surface area contributed by atoms with Crippen LogP contribution in [0.2, 0.25) is 0 Å². The molecule has 1 aromatic carbocycles. The minimum Gasteiger partial charge on any atom is -0.497 e. The van der Waals surface area contributed by atoms with Crippen molar-refractivity contribution < 1.29 is 21.8 Å². The molecule has 0 saturated carbocycles. The number of H-pyrrole nitrogens is 2. The molecule has 0 saturated heterocycles. The molecule has 0 amide bonds. The Balaban J connectivity index is 0.00000228. The zero-order valence-electron chi connectivity index (χ0n) is 17.8. The molecule has 5 heterocycles. The number of aromatic amines is 2. The van der Waals surface area contributed by atoms with Gasteiger partial charge in [0, 0.05) is 44.7 Å². The van der Waals surface area contributed by atoms with Crippen LogP contribution in [0.15, 0.2) is 66.7 Å². The van der Waals surface area contributed by atoms with Crippen LogP contribution in [0.1, 0.15) is 22.8 Å². The van der Waals surface area contributed by atoms with E-state index in [1.807, 2.05) is 48.6 Å². The van der Waals surface area contributed by atoms with Crippen LogP contribution in [0.3, 0.4) is 0 Å². The monoisotopic (exact) mass is 472 g/mol. The van der Waals surface area contributed by atoms with Gasteiger partial charge in [0.15, 0.2) is 0 Å². The molecule has 6 rings (SSSR count). The van der Waals surface area contributed by atoms with Gasteiger partial charge in [-0.3, -0.25) is 0 Å². The first-order valence-electron chi connectivity index (χ1n) is 10.4. The summed E-state index contributed by atoms with van der Waals surface area (Å²) in [5.41, 5.74) is 9.84. The van der Waals surface area contributed by atoms with Gasteiger partial charge in [0.25, 0.3) is 0 Å². The smallest absolute Gasteiger partial charge is 0.118 e. The summed E-state index contributed by atoms with van der Waals surface area (Å²) >= 11 is 0. The fraction of sp³-hybridized carbons (Fsp3) is 0.0370. The molecule has 0 unspecified atom stereocenters. The van der Waals surface area contributed by atoms with Crippen molar-refractivity contribution in [3.05, 3.63) is 89.5 Å². The number of aromatic nitrogens is 4. The molecule has 6 heteroatoms. The predicted molar refractivity (Wildman–Crippen MR) is 131 cm³/mol. The van der Waals surface area contributed by atoms with E-state index in [4.69, 9.17) is 14.7 Å². The Kier molecular flexibility index (Phi) is 5.46. The molecule has 8 bridgehead atoms. The topological polar surface area (TPSA) is 66.6 Å². The normalized spacial score (nSPS) is 11.9. The van der Waals surface area contributed by atoms with E-state index in [-0.39, 0.29) is 17.1 Å². The Morgan fingerprint density at radius 1 is 0.606 bits per heavy atom. The number of hydrogen-bond donors (Lipinski definition) is 2. The van der Waals surface area contributed by atoms with Gasteiger partial charge in [-0.1, -0.05) is 12.1 Å². The molecule has 2 N–H and O–H groups in total. The average Bonchev–Trinajstić information content (AvgIpc) is 3.59. The molecule has 0 radical (unpaired) electrons. The van der Waals surface area contributed by atoms with Gasteiger partial charge in [0.2, 0.25) is 0 Å². The van der Waals surface area contributed by atoms with Gasteiger partial charge in [0.05, 0.1) is 29.9 Å². The van der Waals surface area contributed by atoms with Crippen LogP contribution in [0.5, 0.6) is 5.75 Å². The Morgan fingerprint density at radius 3 is 1.73 bits per heavy atom. The molecule has 33 heavy (non-hydrogen) atoms. The summed E-state index contributed by atoms with van der Waals surface area (Å²) in [5.74, 6) is 0.835. The fourth-order valence-corrected chi connectivity index (χ4v) is 4.03. The number of rotatable bonds is 2. The summed E-state index contributed by atoms with van der Waals surface area (Å²) in [4.78, 5) is 16.5. The van der Waals surface area contributed by atoms with E-state index in [0.29, 0.717) is 0 Å². The van der Waals surface area contributed by atoms with Gasteiger partial charge in [-0.25, -0.2) is 9.97 Å². The third kappa shape index (κ3) is 4.27. The van der Waals surface area contributed by atoms with Crippen LogP contribution in [0.4, 0.5) is 0 Å². The molecule has 3 aromatic heterocycles. The summed E-state index contributed by atoms with van der Waals surface area (Å²) < 4.78 is 5.32. The minimum absolute atomic E-state index is 0. The summed E-state index contributed by atoms with van der Waals surface area (Å²) in [6, 6.07) is 22.6. The zero-order chi connectivity index (χ0) is 21.5. The summed E-state index contributed by atoms with van der Waals surface area (Å²) in [6.07, 6.45) is 8.12. The largest absolute Gasteiger partial charge is 0.497 e. The average molecular weight is 472 g/mol. The van der Waals surface area contributed by atoms with Gasteiger partial charge < -0.3 is 14.7 Å². The molecule has 0 atom stereocenters. The van der Waals surface area contributed by atoms with Crippen molar-refractivity contribution >= 4 is 46.4 Å². The second-order valence-corrected chi connectivity index (χ2v) is 7.82. The molecule has 162 valence electrons. The van der Waals surface area contributed by atoms with Crippen molar-refractivity contribution in [2.24, 2.45) is 0 Å². The number of methoxy groups -OCH3 is 1. The van der Waals surface area contributed by atoms with Crippen molar-refractivity contribution in [2.45, 2.75) is 0 Å². The van der Waals surface area contributed by atoms with Crippen LogP contribution in [-0.2, 0) is 17.1 Å². The standard InChI is InChI=1S/C27H20N4O.Fe/c1-32-25-10-2-17(3-11-25)26-15-24-14-22-7-6-20(29-22)12-18-4-5-19(28-18)13-21-8-9-23(30-21)16-27(26)31-24;/h2-16,28,31H,1H3;. The van der Waals surface area contributed by atoms with E-state index in [0.717, 1.165) is 61.7 Å². The Bertz CT molecular complexity index is 1560. The van der Waals surface area contributed by atoms with Gasteiger partial charge in [-0.05, 0) is 84.5 Å². The predicted octanol–water partition coefficient (Wildman–Crippen LogP) is 6.33. The van der Waals surface area contributed by atoms with Crippen LogP contribution < -0.4 is 4.74 Å². The van der Waals surface area contributed by atoms with Gasteiger partial charge in [0.1, 0.15) is 5.75 Å². The second-order valence-electron chi connectivity index (χ2n) is 7.82.